The van der Waals surface area contributed by atoms with Gasteiger partial charge in [0.05, 0.1) is 23.5 Å². The molecule has 4 nitrogen and oxygen atoms in total. The third-order valence-electron chi connectivity index (χ3n) is 3.61. The molecule has 0 amide bonds. The van der Waals surface area contributed by atoms with Gasteiger partial charge in [-0.1, -0.05) is 12.1 Å². The van der Waals surface area contributed by atoms with E-state index >= 15 is 0 Å². The van der Waals surface area contributed by atoms with E-state index in [9.17, 15) is 0 Å². The molecule has 0 aliphatic rings. The fourth-order valence-electron chi connectivity index (χ4n) is 2.77. The van der Waals surface area contributed by atoms with Crippen LogP contribution in [0, 0.1) is 0 Å². The second-order valence-electron chi connectivity index (χ2n) is 4.71. The van der Waals surface area contributed by atoms with E-state index in [1.54, 1.807) is 0 Å². The predicted octanol–water partition coefficient (Wildman–Crippen LogP) is 4.32. The number of fused-ring (bicyclic) bond motifs is 7. The van der Waals surface area contributed by atoms with E-state index in [-0.39, 0.29) is 9.12 Å². The van der Waals surface area contributed by atoms with Gasteiger partial charge >= 0.3 is 0 Å². The van der Waals surface area contributed by atoms with Gasteiger partial charge in [0, 0.05) is 8.95 Å². The molecule has 0 saturated heterocycles. The molecule has 2 aromatic carbocycles. The zero-order valence-electron chi connectivity index (χ0n) is 10.1. The molecule has 0 bridgehead atoms. The van der Waals surface area contributed by atoms with Gasteiger partial charge in [-0.05, 0) is 42.6 Å². The predicted molar refractivity (Wildman–Crippen MR) is 97.1 cm³/mol. The lowest BCUT2D eigenvalue weighted by molar-refractivity contribution is 1.65. The summed E-state index contributed by atoms with van der Waals surface area (Å²) >= 11 is 9.74. The van der Waals surface area contributed by atoms with E-state index in [0.29, 0.717) is 0 Å². The van der Waals surface area contributed by atoms with Gasteiger partial charge in [-0.15, -0.1) is 0 Å². The number of hydrogen-bond donors (Lipinski definition) is 0. The molecule has 0 fully saturated rings. The van der Waals surface area contributed by atoms with Crippen LogP contribution in [-0.4, -0.2) is 26.6 Å². The maximum absolute atomic E-state index is 4.52. The van der Waals surface area contributed by atoms with Crippen molar-refractivity contribution in [1.29, 1.82) is 0 Å². The molecule has 5 rings (SSSR count). The number of rotatable bonds is 0. The van der Waals surface area contributed by atoms with Gasteiger partial charge in [0.15, 0.2) is 0 Å². The van der Waals surface area contributed by atoms with Crippen LogP contribution in [0.3, 0.4) is 0 Å². The van der Waals surface area contributed by atoms with Crippen LogP contribution in [0.5, 0.6) is 0 Å². The highest BCUT2D eigenvalue weighted by Crippen LogP contribution is 2.39. The van der Waals surface area contributed by atoms with Crippen LogP contribution in [0.15, 0.2) is 21.1 Å². The van der Waals surface area contributed by atoms with Crippen LogP contribution in [0.4, 0.5) is 0 Å². The third-order valence-corrected chi connectivity index (χ3v) is 7.40. The standard InChI is InChI=1S/C12H3Br2N4S2Si/c13-3-1-5-7(11-9(3)15-19-17-11)8-6(21-5)2-4(14)10-12(8)18-20-16-10/h1-2,21H/q-1. The maximum atomic E-state index is 4.52. The van der Waals surface area contributed by atoms with Crippen LogP contribution in [0.25, 0.3) is 42.8 Å². The van der Waals surface area contributed by atoms with E-state index in [0.717, 1.165) is 31.0 Å². The zero-order valence-corrected chi connectivity index (χ0v) is 16.1. The van der Waals surface area contributed by atoms with Crippen molar-refractivity contribution < 1.29 is 0 Å². The number of aromatic nitrogens is 4. The van der Waals surface area contributed by atoms with Gasteiger partial charge in [-0.25, -0.2) is 0 Å². The highest BCUT2D eigenvalue weighted by atomic mass is 79.9. The van der Waals surface area contributed by atoms with Crippen molar-refractivity contribution in [1.82, 2.24) is 17.5 Å². The Hall–Kier alpha value is -0.743. The molecule has 102 valence electrons. The molecule has 0 saturated carbocycles. The van der Waals surface area contributed by atoms with Crippen LogP contribution < -0.4 is 0 Å². The molecule has 0 aliphatic heterocycles. The summed E-state index contributed by atoms with van der Waals surface area (Å²) in [6.07, 6.45) is 0. The van der Waals surface area contributed by atoms with Crippen molar-refractivity contribution >= 4 is 107 Å². The van der Waals surface area contributed by atoms with E-state index in [4.69, 9.17) is 0 Å². The Kier molecular flexibility index (Phi) is 2.67. The highest BCUT2D eigenvalue weighted by Gasteiger charge is 2.14. The molecular weight excluding hydrogens is 452 g/mol. The quantitative estimate of drug-likeness (QED) is 0.327. The number of halogens is 2. The number of nitrogens with zero attached hydrogens (tertiary/aromatic N) is 4. The van der Waals surface area contributed by atoms with Crippen molar-refractivity contribution in [3.63, 3.8) is 0 Å². The van der Waals surface area contributed by atoms with Crippen molar-refractivity contribution in [2.45, 2.75) is 0 Å². The summed E-state index contributed by atoms with van der Waals surface area (Å²) in [6.45, 7) is 0. The maximum Gasteiger partial charge on any atom is 0.119 e. The van der Waals surface area contributed by atoms with Crippen LogP contribution >= 0.6 is 55.3 Å². The second-order valence-corrected chi connectivity index (χ2v) is 9.01. The molecular formula is C12H3Br2N4S2Si-. The van der Waals surface area contributed by atoms with Crippen molar-refractivity contribution in [2.24, 2.45) is 0 Å². The average molecular weight is 455 g/mol. The van der Waals surface area contributed by atoms with Crippen LogP contribution in [0.1, 0.15) is 0 Å². The molecule has 3 heterocycles. The number of benzene rings is 2. The Labute approximate surface area is 145 Å². The van der Waals surface area contributed by atoms with E-state index in [2.05, 4.69) is 61.5 Å². The lowest BCUT2D eigenvalue weighted by Crippen LogP contribution is -1.78. The average Bonchev–Trinajstić information content (AvgIpc) is 3.14. The molecule has 0 aliphatic carbocycles. The van der Waals surface area contributed by atoms with Crippen LogP contribution in [0.2, 0.25) is 0 Å². The summed E-state index contributed by atoms with van der Waals surface area (Å²) in [5, 5.41) is 2.41. The first kappa shape index (κ1) is 12.8. The Balaban J connectivity index is 2.20. The summed E-state index contributed by atoms with van der Waals surface area (Å²) in [7, 11) is 0.0431. The highest BCUT2D eigenvalue weighted by molar-refractivity contribution is 9.11. The van der Waals surface area contributed by atoms with Gasteiger partial charge in [0.25, 0.3) is 0 Å². The Morgan fingerprint density at radius 2 is 1.14 bits per heavy atom. The molecule has 0 radical (unpaired) electrons. The fraction of sp³-hybridized carbons (Fsp3) is 0. The molecule has 21 heavy (non-hydrogen) atoms. The molecule has 5 aromatic rings. The molecule has 0 N–H and O–H groups in total. The minimum atomic E-state index is 0.0431. The smallest absolute Gasteiger partial charge is 0.119 e. The minimum absolute atomic E-state index is 0.0431. The van der Waals surface area contributed by atoms with Gasteiger partial charge in [0.1, 0.15) is 22.1 Å². The lowest BCUT2D eigenvalue weighted by atomic mass is 10.1. The topological polar surface area (TPSA) is 51.6 Å². The van der Waals surface area contributed by atoms with Gasteiger partial charge < -0.3 is 0 Å². The van der Waals surface area contributed by atoms with Gasteiger partial charge in [-0.2, -0.15) is 27.5 Å². The van der Waals surface area contributed by atoms with E-state index in [1.165, 1.54) is 44.2 Å². The SMILES string of the molecule is Brc1cc2[siH-]c3cc(Br)c4nsnc4c3c2c2nsnc12. The molecule has 0 unspecified atom stereocenters. The normalized spacial score (nSPS) is 12.3. The van der Waals surface area contributed by atoms with E-state index < -0.39 is 0 Å². The molecule has 9 heteroatoms. The molecule has 0 atom stereocenters. The lowest BCUT2D eigenvalue weighted by Gasteiger charge is -2.02. The largest absolute Gasteiger partial charge is 0.268 e. The molecule has 0 spiro atoms. The van der Waals surface area contributed by atoms with Crippen LogP contribution in [-0.2, 0) is 0 Å². The monoisotopic (exact) mass is 453 g/mol. The summed E-state index contributed by atoms with van der Waals surface area (Å²) in [4.78, 5) is 2.70. The van der Waals surface area contributed by atoms with Crippen molar-refractivity contribution in [2.75, 3.05) is 0 Å². The first-order chi connectivity index (χ1) is 10.2. The Morgan fingerprint density at radius 1 is 0.714 bits per heavy atom. The Morgan fingerprint density at radius 3 is 1.62 bits per heavy atom. The first-order valence-electron chi connectivity index (χ1n) is 5.98. The summed E-state index contributed by atoms with van der Waals surface area (Å²) < 4.78 is 19.9. The van der Waals surface area contributed by atoms with Gasteiger partial charge in [0.2, 0.25) is 0 Å². The Bertz CT molecular complexity index is 1090. The summed E-state index contributed by atoms with van der Waals surface area (Å²) in [6, 6.07) is 4.38. The number of hydrogen-bond acceptors (Lipinski definition) is 6. The first-order valence-corrected chi connectivity index (χ1v) is 10.2. The van der Waals surface area contributed by atoms with E-state index in [1.807, 2.05) is 0 Å². The fourth-order valence-corrected chi connectivity index (χ4v) is 7.35. The summed E-state index contributed by atoms with van der Waals surface area (Å²) in [5.41, 5.74) is 3.83. The van der Waals surface area contributed by atoms with Gasteiger partial charge in [-0.3, -0.25) is 9.12 Å². The third kappa shape index (κ3) is 1.63. The van der Waals surface area contributed by atoms with Crippen molar-refractivity contribution in [3.05, 3.63) is 21.1 Å². The summed E-state index contributed by atoms with van der Waals surface area (Å²) in [5.74, 6) is 0. The van der Waals surface area contributed by atoms with Crippen molar-refractivity contribution in [3.8, 4) is 0 Å². The second kappa shape index (κ2) is 4.39. The molecule has 3 aromatic heterocycles. The minimum Gasteiger partial charge on any atom is -0.268 e. The zero-order chi connectivity index (χ0) is 14.1.